The third kappa shape index (κ3) is 0.991. The smallest absolute Gasteiger partial charge is 0.155 e. The number of rotatable bonds is 1. The van der Waals surface area contributed by atoms with Crippen LogP contribution in [0.1, 0.15) is 5.69 Å². The first-order valence-corrected chi connectivity index (χ1v) is 3.92. The number of nitrogens with zero attached hydrogens (tertiary/aromatic N) is 3. The normalized spacial score (nSPS) is 10.6. The van der Waals surface area contributed by atoms with E-state index in [1.807, 2.05) is 16.8 Å². The molecule has 0 spiro atoms. The minimum atomic E-state index is 0.700. The zero-order valence-electron chi connectivity index (χ0n) is 5.81. The van der Waals surface area contributed by atoms with Crippen molar-refractivity contribution in [1.29, 1.82) is 0 Å². The van der Waals surface area contributed by atoms with E-state index in [0.29, 0.717) is 5.75 Å². The van der Waals surface area contributed by atoms with E-state index in [9.17, 15) is 0 Å². The van der Waals surface area contributed by atoms with Gasteiger partial charge in [-0.15, -0.1) is 0 Å². The van der Waals surface area contributed by atoms with Crippen LogP contribution in [0.15, 0.2) is 24.8 Å². The predicted octanol–water partition coefficient (Wildman–Crippen LogP) is 1.16. The van der Waals surface area contributed by atoms with Gasteiger partial charge in [0.15, 0.2) is 5.65 Å². The van der Waals surface area contributed by atoms with Gasteiger partial charge < -0.3 is 4.40 Å². The maximum atomic E-state index is 4.17. The summed E-state index contributed by atoms with van der Waals surface area (Å²) in [6.07, 6.45) is 7.16. The monoisotopic (exact) mass is 165 g/mol. The fraction of sp³-hybridized carbons (Fsp3) is 0.143. The first-order chi connectivity index (χ1) is 5.42. The largest absolute Gasteiger partial charge is 0.300 e. The first-order valence-electron chi connectivity index (χ1n) is 3.28. The number of hydrogen-bond acceptors (Lipinski definition) is 3. The molecule has 0 N–H and O–H groups in total. The molecule has 0 atom stereocenters. The van der Waals surface area contributed by atoms with E-state index >= 15 is 0 Å². The number of thiol groups is 1. The Bertz CT molecular complexity index is 368. The molecule has 4 heteroatoms. The SMILES string of the molecule is SCc1cnc2cnccn12. The van der Waals surface area contributed by atoms with Crippen LogP contribution in [0.4, 0.5) is 0 Å². The van der Waals surface area contributed by atoms with Crippen LogP contribution in [-0.2, 0) is 5.75 Å². The third-order valence-corrected chi connectivity index (χ3v) is 1.88. The summed E-state index contributed by atoms with van der Waals surface area (Å²) >= 11 is 4.17. The molecule has 0 aliphatic carbocycles. The predicted molar refractivity (Wildman–Crippen MR) is 45.7 cm³/mol. The molecule has 0 aromatic carbocycles. The standard InChI is InChI=1S/C7H7N3S/c11-5-6-3-9-7-4-8-1-2-10(6)7/h1-4,11H,5H2. The van der Waals surface area contributed by atoms with Gasteiger partial charge in [-0.05, 0) is 0 Å². The summed E-state index contributed by atoms with van der Waals surface area (Å²) in [5.41, 5.74) is 1.96. The molecular weight excluding hydrogens is 158 g/mol. The van der Waals surface area contributed by atoms with Crippen molar-refractivity contribution in [3.63, 3.8) is 0 Å². The average Bonchev–Trinajstić information content (AvgIpc) is 2.47. The molecular formula is C7H7N3S. The van der Waals surface area contributed by atoms with Gasteiger partial charge in [-0.3, -0.25) is 4.98 Å². The van der Waals surface area contributed by atoms with Crippen LogP contribution in [0.3, 0.4) is 0 Å². The Morgan fingerprint density at radius 1 is 1.45 bits per heavy atom. The minimum absolute atomic E-state index is 0.700. The summed E-state index contributed by atoms with van der Waals surface area (Å²) in [7, 11) is 0. The highest BCUT2D eigenvalue weighted by molar-refractivity contribution is 7.79. The Morgan fingerprint density at radius 3 is 3.18 bits per heavy atom. The topological polar surface area (TPSA) is 30.2 Å². The average molecular weight is 165 g/mol. The van der Waals surface area contributed by atoms with Crippen molar-refractivity contribution in [3.05, 3.63) is 30.5 Å². The van der Waals surface area contributed by atoms with Crippen molar-refractivity contribution in [1.82, 2.24) is 14.4 Å². The Hall–Kier alpha value is -1.03. The van der Waals surface area contributed by atoms with Crippen molar-refractivity contribution >= 4 is 18.3 Å². The highest BCUT2D eigenvalue weighted by Gasteiger charge is 1.98. The van der Waals surface area contributed by atoms with Crippen molar-refractivity contribution < 1.29 is 0 Å². The highest BCUT2D eigenvalue weighted by atomic mass is 32.1. The van der Waals surface area contributed by atoms with Gasteiger partial charge in [-0.1, -0.05) is 0 Å². The maximum absolute atomic E-state index is 4.17. The van der Waals surface area contributed by atoms with Gasteiger partial charge in [-0.2, -0.15) is 12.6 Å². The fourth-order valence-corrected chi connectivity index (χ4v) is 1.25. The molecule has 0 radical (unpaired) electrons. The molecule has 0 saturated carbocycles. The van der Waals surface area contributed by atoms with Crippen molar-refractivity contribution in [2.45, 2.75) is 5.75 Å². The minimum Gasteiger partial charge on any atom is -0.300 e. The molecule has 0 amide bonds. The highest BCUT2D eigenvalue weighted by Crippen LogP contribution is 2.05. The number of aromatic nitrogens is 3. The van der Waals surface area contributed by atoms with Crippen molar-refractivity contribution in [3.8, 4) is 0 Å². The molecule has 3 nitrogen and oxygen atoms in total. The van der Waals surface area contributed by atoms with E-state index < -0.39 is 0 Å². The van der Waals surface area contributed by atoms with Gasteiger partial charge in [0.2, 0.25) is 0 Å². The molecule has 56 valence electrons. The van der Waals surface area contributed by atoms with Gasteiger partial charge >= 0.3 is 0 Å². The van der Waals surface area contributed by atoms with Crippen LogP contribution >= 0.6 is 12.6 Å². The summed E-state index contributed by atoms with van der Waals surface area (Å²) < 4.78 is 1.97. The van der Waals surface area contributed by atoms with Crippen molar-refractivity contribution in [2.75, 3.05) is 0 Å². The molecule has 0 aliphatic heterocycles. The summed E-state index contributed by atoms with van der Waals surface area (Å²) in [6, 6.07) is 0. The Labute approximate surface area is 69.5 Å². The molecule has 11 heavy (non-hydrogen) atoms. The lowest BCUT2D eigenvalue weighted by Crippen LogP contribution is -1.88. The number of imidazole rings is 1. The second-order valence-corrected chi connectivity index (χ2v) is 2.53. The molecule has 0 unspecified atom stereocenters. The second-order valence-electron chi connectivity index (χ2n) is 2.21. The van der Waals surface area contributed by atoms with Gasteiger partial charge in [0.1, 0.15) is 0 Å². The van der Waals surface area contributed by atoms with E-state index in [1.165, 1.54) is 0 Å². The van der Waals surface area contributed by atoms with E-state index in [0.717, 1.165) is 11.3 Å². The van der Waals surface area contributed by atoms with Gasteiger partial charge in [0, 0.05) is 18.1 Å². The summed E-state index contributed by atoms with van der Waals surface area (Å²) in [6.45, 7) is 0. The van der Waals surface area contributed by atoms with E-state index in [-0.39, 0.29) is 0 Å². The Kier molecular flexibility index (Phi) is 1.54. The van der Waals surface area contributed by atoms with Crippen LogP contribution < -0.4 is 0 Å². The molecule has 0 aliphatic rings. The second kappa shape index (κ2) is 2.54. The molecule has 2 heterocycles. The summed E-state index contributed by atoms with van der Waals surface area (Å²) in [4.78, 5) is 8.09. The maximum Gasteiger partial charge on any atom is 0.155 e. The first kappa shape index (κ1) is 6.67. The van der Waals surface area contributed by atoms with Crippen LogP contribution in [0.25, 0.3) is 5.65 Å². The number of fused-ring (bicyclic) bond motifs is 1. The lowest BCUT2D eigenvalue weighted by Gasteiger charge is -1.94. The number of hydrogen-bond donors (Lipinski definition) is 1. The van der Waals surface area contributed by atoms with Crippen LogP contribution in [0, 0.1) is 0 Å². The molecule has 2 aromatic rings. The van der Waals surface area contributed by atoms with Crippen molar-refractivity contribution in [2.24, 2.45) is 0 Å². The quantitative estimate of drug-likeness (QED) is 0.643. The molecule has 0 fully saturated rings. The molecule has 0 saturated heterocycles. The molecule has 2 rings (SSSR count). The summed E-state index contributed by atoms with van der Waals surface area (Å²) in [5, 5.41) is 0. The third-order valence-electron chi connectivity index (χ3n) is 1.56. The van der Waals surface area contributed by atoms with Gasteiger partial charge in [0.05, 0.1) is 18.1 Å². The van der Waals surface area contributed by atoms with Crippen LogP contribution in [-0.4, -0.2) is 14.4 Å². The Balaban J connectivity index is 2.76. The lowest BCUT2D eigenvalue weighted by atomic mass is 10.5. The van der Waals surface area contributed by atoms with Gasteiger partial charge in [0.25, 0.3) is 0 Å². The lowest BCUT2D eigenvalue weighted by molar-refractivity contribution is 1.06. The molecule has 0 bridgehead atoms. The van der Waals surface area contributed by atoms with Crippen LogP contribution in [0.5, 0.6) is 0 Å². The van der Waals surface area contributed by atoms with Gasteiger partial charge in [-0.25, -0.2) is 4.98 Å². The van der Waals surface area contributed by atoms with E-state index in [2.05, 4.69) is 22.6 Å². The van der Waals surface area contributed by atoms with Crippen LogP contribution in [0.2, 0.25) is 0 Å². The summed E-state index contributed by atoms with van der Waals surface area (Å²) in [5.74, 6) is 0.700. The Morgan fingerprint density at radius 2 is 2.36 bits per heavy atom. The fourth-order valence-electron chi connectivity index (χ4n) is 1.01. The zero-order valence-corrected chi connectivity index (χ0v) is 6.70. The van der Waals surface area contributed by atoms with E-state index in [1.54, 1.807) is 12.4 Å². The van der Waals surface area contributed by atoms with E-state index in [4.69, 9.17) is 0 Å². The zero-order chi connectivity index (χ0) is 7.68. The molecule has 2 aromatic heterocycles.